The number of benzene rings is 1. The minimum atomic E-state index is -0.134. The van der Waals surface area contributed by atoms with Crippen LogP contribution in [0.15, 0.2) is 42.6 Å². The molecular formula is C17H19ClN2O2. The number of aromatic nitrogens is 1. The van der Waals surface area contributed by atoms with E-state index in [1.54, 1.807) is 30.3 Å². The average molecular weight is 319 g/mol. The van der Waals surface area contributed by atoms with Crippen molar-refractivity contribution in [1.29, 1.82) is 0 Å². The number of carbonyl (C=O) groups excluding carboxylic acids is 1. The second-order valence-electron chi connectivity index (χ2n) is 4.93. The van der Waals surface area contributed by atoms with Gasteiger partial charge in [-0.3, -0.25) is 4.79 Å². The normalized spacial score (nSPS) is 11.8. The Balaban J connectivity index is 2.21. The number of hydrogen-bond donors (Lipinski definition) is 0. The van der Waals surface area contributed by atoms with Crippen LogP contribution < -0.4 is 4.74 Å². The first-order chi connectivity index (χ1) is 10.5. The van der Waals surface area contributed by atoms with E-state index < -0.39 is 0 Å². The highest BCUT2D eigenvalue weighted by molar-refractivity contribution is 6.31. The van der Waals surface area contributed by atoms with Gasteiger partial charge in [-0.2, -0.15) is 0 Å². The molecule has 116 valence electrons. The average Bonchev–Trinajstić information content (AvgIpc) is 2.54. The van der Waals surface area contributed by atoms with Crippen molar-refractivity contribution >= 4 is 17.5 Å². The van der Waals surface area contributed by atoms with Crippen LogP contribution in [-0.4, -0.2) is 29.4 Å². The van der Waals surface area contributed by atoms with Crippen molar-refractivity contribution < 1.29 is 9.53 Å². The van der Waals surface area contributed by atoms with Crippen LogP contribution in [0.1, 0.15) is 35.8 Å². The van der Waals surface area contributed by atoms with Crippen molar-refractivity contribution in [1.82, 2.24) is 9.88 Å². The van der Waals surface area contributed by atoms with Gasteiger partial charge in [0.05, 0.1) is 12.6 Å². The van der Waals surface area contributed by atoms with Crippen LogP contribution in [0.4, 0.5) is 0 Å². The lowest BCUT2D eigenvalue weighted by atomic mass is 10.1. The Morgan fingerprint density at radius 1 is 1.36 bits per heavy atom. The van der Waals surface area contributed by atoms with E-state index in [0.29, 0.717) is 23.1 Å². The summed E-state index contributed by atoms with van der Waals surface area (Å²) < 4.78 is 5.34. The van der Waals surface area contributed by atoms with E-state index in [2.05, 4.69) is 4.98 Å². The van der Waals surface area contributed by atoms with Crippen LogP contribution in [0.2, 0.25) is 5.02 Å². The van der Waals surface area contributed by atoms with Gasteiger partial charge in [0, 0.05) is 29.9 Å². The summed E-state index contributed by atoms with van der Waals surface area (Å²) in [5.41, 5.74) is 1.46. The second kappa shape index (κ2) is 7.27. The molecule has 0 saturated heterocycles. The van der Waals surface area contributed by atoms with Crippen LogP contribution in [0, 0.1) is 0 Å². The van der Waals surface area contributed by atoms with Crippen LogP contribution >= 0.6 is 11.6 Å². The molecule has 2 rings (SSSR count). The molecule has 1 aromatic heterocycles. The molecule has 0 radical (unpaired) electrons. The number of carbonyl (C=O) groups is 1. The van der Waals surface area contributed by atoms with Crippen molar-refractivity contribution in [3.05, 3.63) is 58.7 Å². The van der Waals surface area contributed by atoms with Gasteiger partial charge in [-0.25, -0.2) is 4.98 Å². The van der Waals surface area contributed by atoms with Crippen molar-refractivity contribution in [3.8, 4) is 5.88 Å². The summed E-state index contributed by atoms with van der Waals surface area (Å²) in [7, 11) is 1.76. The van der Waals surface area contributed by atoms with Crippen molar-refractivity contribution in [2.24, 2.45) is 0 Å². The standard InChI is InChI=1S/C17H19ClN2O2/c1-4-22-16-11-13(9-10-19-16)17(21)20(3)12(2)14-7-5-6-8-15(14)18/h5-12H,4H2,1-3H3. The van der Waals surface area contributed by atoms with E-state index in [9.17, 15) is 4.79 Å². The topological polar surface area (TPSA) is 42.4 Å². The predicted octanol–water partition coefficient (Wildman–Crippen LogP) is 3.97. The summed E-state index contributed by atoms with van der Waals surface area (Å²) in [4.78, 5) is 18.4. The van der Waals surface area contributed by atoms with Gasteiger partial charge in [0.25, 0.3) is 5.91 Å². The molecule has 1 amide bonds. The number of amides is 1. The SMILES string of the molecule is CCOc1cc(C(=O)N(C)C(C)c2ccccc2Cl)ccn1. The molecule has 0 N–H and O–H groups in total. The Bertz CT molecular complexity index is 661. The maximum Gasteiger partial charge on any atom is 0.254 e. The third kappa shape index (κ3) is 3.57. The Hall–Kier alpha value is -2.07. The zero-order valence-electron chi connectivity index (χ0n) is 12.9. The molecule has 22 heavy (non-hydrogen) atoms. The zero-order valence-corrected chi connectivity index (χ0v) is 13.7. The maximum atomic E-state index is 12.6. The highest BCUT2D eigenvalue weighted by atomic mass is 35.5. The molecule has 1 aromatic carbocycles. The lowest BCUT2D eigenvalue weighted by Crippen LogP contribution is -2.29. The summed E-state index contributed by atoms with van der Waals surface area (Å²) in [6.45, 7) is 4.34. The molecule has 2 aromatic rings. The first-order valence-corrected chi connectivity index (χ1v) is 7.52. The molecule has 1 heterocycles. The minimum absolute atomic E-state index is 0.101. The molecule has 0 bridgehead atoms. The monoisotopic (exact) mass is 318 g/mol. The van der Waals surface area contributed by atoms with Crippen LogP contribution in [-0.2, 0) is 0 Å². The second-order valence-corrected chi connectivity index (χ2v) is 5.34. The molecule has 0 aliphatic heterocycles. The molecule has 0 saturated carbocycles. The Labute approximate surface area is 135 Å². The number of halogens is 1. The van der Waals surface area contributed by atoms with E-state index in [4.69, 9.17) is 16.3 Å². The third-order valence-electron chi connectivity index (χ3n) is 3.53. The fourth-order valence-corrected chi connectivity index (χ4v) is 2.46. The maximum absolute atomic E-state index is 12.6. The number of rotatable bonds is 5. The Kier molecular flexibility index (Phi) is 5.39. The van der Waals surface area contributed by atoms with E-state index in [1.807, 2.05) is 38.1 Å². The fourth-order valence-electron chi connectivity index (χ4n) is 2.17. The summed E-state index contributed by atoms with van der Waals surface area (Å²) in [6.07, 6.45) is 1.58. The highest BCUT2D eigenvalue weighted by Crippen LogP contribution is 2.27. The molecule has 0 aliphatic carbocycles. The first kappa shape index (κ1) is 16.3. The summed E-state index contributed by atoms with van der Waals surface area (Å²) in [5.74, 6) is 0.350. The van der Waals surface area contributed by atoms with Crippen LogP contribution in [0.5, 0.6) is 5.88 Å². The van der Waals surface area contributed by atoms with Gasteiger partial charge in [-0.1, -0.05) is 29.8 Å². The van der Waals surface area contributed by atoms with E-state index >= 15 is 0 Å². The number of pyridine rings is 1. The molecule has 1 atom stereocenters. The predicted molar refractivity (Wildman–Crippen MR) is 87.4 cm³/mol. The summed E-state index contributed by atoms with van der Waals surface area (Å²) in [6, 6.07) is 10.7. The molecular weight excluding hydrogens is 300 g/mol. The molecule has 4 nitrogen and oxygen atoms in total. The molecule has 0 spiro atoms. The number of hydrogen-bond acceptors (Lipinski definition) is 3. The smallest absolute Gasteiger partial charge is 0.254 e. The third-order valence-corrected chi connectivity index (χ3v) is 3.87. The highest BCUT2D eigenvalue weighted by Gasteiger charge is 2.21. The van der Waals surface area contributed by atoms with Gasteiger partial charge in [0.2, 0.25) is 5.88 Å². The van der Waals surface area contributed by atoms with Gasteiger partial charge in [-0.15, -0.1) is 0 Å². The number of nitrogens with zero attached hydrogens (tertiary/aromatic N) is 2. The van der Waals surface area contributed by atoms with Crippen LogP contribution in [0.25, 0.3) is 0 Å². The van der Waals surface area contributed by atoms with Crippen molar-refractivity contribution in [2.75, 3.05) is 13.7 Å². The van der Waals surface area contributed by atoms with Crippen LogP contribution in [0.3, 0.4) is 0 Å². The lowest BCUT2D eigenvalue weighted by molar-refractivity contribution is 0.0742. The quantitative estimate of drug-likeness (QED) is 0.837. The molecule has 0 fully saturated rings. The van der Waals surface area contributed by atoms with Crippen molar-refractivity contribution in [3.63, 3.8) is 0 Å². The Morgan fingerprint density at radius 2 is 2.09 bits per heavy atom. The lowest BCUT2D eigenvalue weighted by Gasteiger charge is -2.26. The van der Waals surface area contributed by atoms with Gasteiger partial charge < -0.3 is 9.64 Å². The number of ether oxygens (including phenoxy) is 1. The Morgan fingerprint density at radius 3 is 2.77 bits per heavy atom. The summed E-state index contributed by atoms with van der Waals surface area (Å²) >= 11 is 6.21. The molecule has 0 aliphatic rings. The van der Waals surface area contributed by atoms with E-state index in [1.165, 1.54) is 0 Å². The zero-order chi connectivity index (χ0) is 16.1. The first-order valence-electron chi connectivity index (χ1n) is 7.15. The minimum Gasteiger partial charge on any atom is -0.478 e. The van der Waals surface area contributed by atoms with Gasteiger partial charge in [0.15, 0.2) is 0 Å². The summed E-state index contributed by atoms with van der Waals surface area (Å²) in [5, 5.41) is 0.652. The van der Waals surface area contributed by atoms with Gasteiger partial charge in [-0.05, 0) is 31.5 Å². The van der Waals surface area contributed by atoms with E-state index in [0.717, 1.165) is 5.56 Å². The van der Waals surface area contributed by atoms with Gasteiger partial charge in [0.1, 0.15) is 0 Å². The molecule has 1 unspecified atom stereocenters. The van der Waals surface area contributed by atoms with Gasteiger partial charge >= 0.3 is 0 Å². The largest absolute Gasteiger partial charge is 0.478 e. The van der Waals surface area contributed by atoms with E-state index in [-0.39, 0.29) is 11.9 Å². The molecule has 5 heteroatoms. The van der Waals surface area contributed by atoms with Crippen molar-refractivity contribution in [2.45, 2.75) is 19.9 Å². The fraction of sp³-hybridized carbons (Fsp3) is 0.294.